The van der Waals surface area contributed by atoms with Gasteiger partial charge in [-0.15, -0.1) is 0 Å². The first kappa shape index (κ1) is 18.2. The lowest BCUT2D eigenvalue weighted by Gasteiger charge is -2.39. The number of hydrogen-bond donors (Lipinski definition) is 1. The molecule has 1 fully saturated rings. The van der Waals surface area contributed by atoms with Gasteiger partial charge in [0.25, 0.3) is 0 Å². The lowest BCUT2D eigenvalue weighted by Crippen LogP contribution is -2.47. The van der Waals surface area contributed by atoms with E-state index in [4.69, 9.17) is 4.74 Å². The number of aliphatic hydroxyl groups is 1. The SMILES string of the molecule is Cc1c(C)c(N2CCN(c3ccccc3)CC2)c(C)c2c1OC(C)(C)C2O. The highest BCUT2D eigenvalue weighted by Crippen LogP contribution is 2.50. The molecule has 144 valence electrons. The van der Waals surface area contributed by atoms with Gasteiger partial charge in [-0.2, -0.15) is 0 Å². The van der Waals surface area contributed by atoms with Gasteiger partial charge in [-0.1, -0.05) is 18.2 Å². The van der Waals surface area contributed by atoms with Gasteiger partial charge in [0.2, 0.25) is 0 Å². The van der Waals surface area contributed by atoms with Crippen molar-refractivity contribution in [1.29, 1.82) is 0 Å². The second kappa shape index (κ2) is 6.45. The lowest BCUT2D eigenvalue weighted by molar-refractivity contribution is 0.000145. The molecule has 1 N–H and O–H groups in total. The predicted molar refractivity (Wildman–Crippen MR) is 111 cm³/mol. The molecular formula is C23H30N2O2. The van der Waals surface area contributed by atoms with Crippen molar-refractivity contribution in [2.24, 2.45) is 0 Å². The van der Waals surface area contributed by atoms with Crippen molar-refractivity contribution < 1.29 is 9.84 Å². The summed E-state index contributed by atoms with van der Waals surface area (Å²) in [6.45, 7) is 14.3. The summed E-state index contributed by atoms with van der Waals surface area (Å²) in [7, 11) is 0. The number of anilines is 2. The number of piperazine rings is 1. The molecule has 1 atom stereocenters. The molecule has 2 aromatic rings. The largest absolute Gasteiger partial charge is 0.484 e. The molecule has 2 aromatic carbocycles. The molecule has 1 saturated heterocycles. The van der Waals surface area contributed by atoms with Crippen molar-refractivity contribution in [2.45, 2.75) is 46.3 Å². The summed E-state index contributed by atoms with van der Waals surface area (Å²) in [6, 6.07) is 10.6. The minimum Gasteiger partial charge on any atom is -0.484 e. The average molecular weight is 367 g/mol. The minimum absolute atomic E-state index is 0.574. The summed E-state index contributed by atoms with van der Waals surface area (Å²) in [5.41, 5.74) is 6.56. The van der Waals surface area contributed by atoms with Crippen molar-refractivity contribution in [3.05, 3.63) is 52.6 Å². The quantitative estimate of drug-likeness (QED) is 0.866. The topological polar surface area (TPSA) is 35.9 Å². The number of ether oxygens (including phenoxy) is 1. The molecule has 0 radical (unpaired) electrons. The van der Waals surface area contributed by atoms with Gasteiger partial charge in [0.15, 0.2) is 0 Å². The van der Waals surface area contributed by atoms with E-state index in [1.54, 1.807) is 0 Å². The number of aliphatic hydroxyl groups excluding tert-OH is 1. The van der Waals surface area contributed by atoms with Crippen LogP contribution in [0, 0.1) is 20.8 Å². The molecule has 0 aromatic heterocycles. The Balaban J connectivity index is 1.65. The third-order valence-corrected chi connectivity index (χ3v) is 6.28. The molecule has 0 bridgehead atoms. The maximum absolute atomic E-state index is 10.9. The molecule has 2 aliphatic rings. The van der Waals surface area contributed by atoms with E-state index in [9.17, 15) is 5.11 Å². The van der Waals surface area contributed by atoms with Crippen LogP contribution in [0.25, 0.3) is 0 Å². The fourth-order valence-electron chi connectivity index (χ4n) is 4.56. The molecule has 0 aliphatic carbocycles. The number of fused-ring (bicyclic) bond motifs is 1. The van der Waals surface area contributed by atoms with Crippen LogP contribution in [0.3, 0.4) is 0 Å². The fourth-order valence-corrected chi connectivity index (χ4v) is 4.56. The molecule has 27 heavy (non-hydrogen) atoms. The van der Waals surface area contributed by atoms with E-state index in [-0.39, 0.29) is 0 Å². The standard InChI is InChI=1S/C23H30N2O2/c1-15-16(2)21-19(22(26)23(4,5)27-21)17(3)20(15)25-13-11-24(12-14-25)18-9-7-6-8-10-18/h6-10,22,26H,11-14H2,1-5H3. The Hall–Kier alpha value is -2.20. The van der Waals surface area contributed by atoms with Crippen LogP contribution < -0.4 is 14.5 Å². The third kappa shape index (κ3) is 2.87. The Bertz CT molecular complexity index is 853. The smallest absolute Gasteiger partial charge is 0.133 e. The molecule has 0 spiro atoms. The highest BCUT2D eigenvalue weighted by molar-refractivity contribution is 5.71. The highest BCUT2D eigenvalue weighted by atomic mass is 16.5. The first-order chi connectivity index (χ1) is 12.8. The molecule has 4 rings (SSSR count). The first-order valence-corrected chi connectivity index (χ1v) is 9.87. The summed E-state index contributed by atoms with van der Waals surface area (Å²) in [5, 5.41) is 10.9. The van der Waals surface area contributed by atoms with Crippen LogP contribution in [0.1, 0.15) is 42.2 Å². The number of benzene rings is 2. The van der Waals surface area contributed by atoms with E-state index in [0.717, 1.165) is 43.1 Å². The predicted octanol–water partition coefficient (Wildman–Crippen LogP) is 4.14. The number of para-hydroxylation sites is 1. The Morgan fingerprint density at radius 2 is 1.48 bits per heavy atom. The lowest BCUT2D eigenvalue weighted by atomic mass is 9.89. The van der Waals surface area contributed by atoms with E-state index in [1.807, 2.05) is 13.8 Å². The molecule has 0 saturated carbocycles. The van der Waals surface area contributed by atoms with Crippen molar-refractivity contribution in [3.8, 4) is 5.75 Å². The Morgan fingerprint density at radius 3 is 2.11 bits per heavy atom. The van der Waals surface area contributed by atoms with E-state index in [1.165, 1.54) is 22.5 Å². The van der Waals surface area contributed by atoms with Gasteiger partial charge >= 0.3 is 0 Å². The second-order valence-corrected chi connectivity index (χ2v) is 8.38. The van der Waals surface area contributed by atoms with Gasteiger partial charge in [0, 0.05) is 43.1 Å². The molecule has 1 unspecified atom stereocenters. The van der Waals surface area contributed by atoms with Crippen molar-refractivity contribution >= 4 is 11.4 Å². The molecule has 4 nitrogen and oxygen atoms in total. The van der Waals surface area contributed by atoms with E-state index >= 15 is 0 Å². The Kier molecular flexibility index (Phi) is 4.34. The van der Waals surface area contributed by atoms with Gasteiger partial charge < -0.3 is 19.6 Å². The maximum Gasteiger partial charge on any atom is 0.133 e. The number of hydrogen-bond acceptors (Lipinski definition) is 4. The zero-order valence-electron chi connectivity index (χ0n) is 17.0. The number of nitrogens with zero attached hydrogens (tertiary/aromatic N) is 2. The number of rotatable bonds is 2. The van der Waals surface area contributed by atoms with E-state index in [2.05, 4.69) is 60.9 Å². The van der Waals surface area contributed by atoms with Crippen LogP contribution >= 0.6 is 0 Å². The molecule has 2 heterocycles. The Morgan fingerprint density at radius 1 is 0.889 bits per heavy atom. The summed E-state index contributed by atoms with van der Waals surface area (Å²) in [4.78, 5) is 4.93. The van der Waals surface area contributed by atoms with Crippen molar-refractivity contribution in [3.63, 3.8) is 0 Å². The normalized spacial score (nSPS) is 21.2. The van der Waals surface area contributed by atoms with Crippen molar-refractivity contribution in [2.75, 3.05) is 36.0 Å². The van der Waals surface area contributed by atoms with Crippen LogP contribution in [-0.2, 0) is 0 Å². The first-order valence-electron chi connectivity index (χ1n) is 9.87. The zero-order chi connectivity index (χ0) is 19.3. The van der Waals surface area contributed by atoms with Crippen LogP contribution in [0.5, 0.6) is 5.75 Å². The molecule has 4 heteroatoms. The zero-order valence-corrected chi connectivity index (χ0v) is 17.0. The molecule has 0 amide bonds. The van der Waals surface area contributed by atoms with E-state index < -0.39 is 11.7 Å². The average Bonchev–Trinajstić information content (AvgIpc) is 2.91. The van der Waals surface area contributed by atoms with Crippen LogP contribution in [0.4, 0.5) is 11.4 Å². The van der Waals surface area contributed by atoms with Crippen molar-refractivity contribution in [1.82, 2.24) is 0 Å². The molecule has 2 aliphatic heterocycles. The Labute approximate surface area is 162 Å². The summed E-state index contributed by atoms with van der Waals surface area (Å²) in [6.07, 6.45) is -0.587. The van der Waals surface area contributed by atoms with Gasteiger partial charge in [0.1, 0.15) is 17.5 Å². The summed E-state index contributed by atoms with van der Waals surface area (Å²) in [5.74, 6) is 0.883. The summed E-state index contributed by atoms with van der Waals surface area (Å²) >= 11 is 0. The van der Waals surface area contributed by atoms with Crippen LogP contribution in [-0.4, -0.2) is 36.9 Å². The highest BCUT2D eigenvalue weighted by Gasteiger charge is 2.43. The molecular weight excluding hydrogens is 336 g/mol. The second-order valence-electron chi connectivity index (χ2n) is 8.38. The minimum atomic E-state index is -0.587. The van der Waals surface area contributed by atoms with Gasteiger partial charge in [-0.05, 0) is 63.4 Å². The van der Waals surface area contributed by atoms with Gasteiger partial charge in [0.05, 0.1) is 0 Å². The maximum atomic E-state index is 10.9. The fraction of sp³-hybridized carbons (Fsp3) is 0.478. The summed E-state index contributed by atoms with van der Waals surface area (Å²) < 4.78 is 6.14. The van der Waals surface area contributed by atoms with Crippen LogP contribution in [0.2, 0.25) is 0 Å². The monoisotopic (exact) mass is 366 g/mol. The van der Waals surface area contributed by atoms with Gasteiger partial charge in [-0.25, -0.2) is 0 Å². The third-order valence-electron chi connectivity index (χ3n) is 6.28. The van der Waals surface area contributed by atoms with Gasteiger partial charge in [-0.3, -0.25) is 0 Å². The van der Waals surface area contributed by atoms with Crippen LogP contribution in [0.15, 0.2) is 30.3 Å². The van der Waals surface area contributed by atoms with E-state index in [0.29, 0.717) is 0 Å².